The SMILES string of the molecule is Cc1c(-c2nc3ccc(C(=N)N)cc3[nH]2)ncn1CC(=O)N1CCCC1. The highest BCUT2D eigenvalue weighted by atomic mass is 16.2. The van der Waals surface area contributed by atoms with Crippen molar-refractivity contribution in [1.29, 1.82) is 5.41 Å². The number of nitrogen functional groups attached to an aromatic ring is 1. The number of likely N-dealkylation sites (tertiary alicyclic amines) is 1. The monoisotopic (exact) mass is 351 g/mol. The molecule has 4 rings (SSSR count). The standard InChI is InChI=1S/C18H21N7O/c1-11-16(21-10-25(11)9-15(26)24-6-2-3-7-24)18-22-13-5-4-12(17(19)20)8-14(13)23-18/h4-5,8,10H,2-3,6-7,9H2,1H3,(H3,19,20)(H,22,23). The largest absolute Gasteiger partial charge is 0.384 e. The van der Waals surface area contributed by atoms with Crippen LogP contribution in [0.25, 0.3) is 22.6 Å². The molecule has 1 saturated heterocycles. The highest BCUT2D eigenvalue weighted by molar-refractivity contribution is 5.98. The van der Waals surface area contributed by atoms with Gasteiger partial charge in [-0.25, -0.2) is 9.97 Å². The molecular weight excluding hydrogens is 330 g/mol. The van der Waals surface area contributed by atoms with Gasteiger partial charge in [0.25, 0.3) is 0 Å². The van der Waals surface area contributed by atoms with E-state index in [0.29, 0.717) is 17.9 Å². The smallest absolute Gasteiger partial charge is 0.242 e. The molecule has 8 heteroatoms. The fourth-order valence-electron chi connectivity index (χ4n) is 3.34. The Bertz CT molecular complexity index is 994. The molecule has 3 aromatic rings. The molecule has 0 atom stereocenters. The summed E-state index contributed by atoms with van der Waals surface area (Å²) >= 11 is 0. The Hall–Kier alpha value is -3.16. The molecule has 1 fully saturated rings. The van der Waals surface area contributed by atoms with Gasteiger partial charge in [0.15, 0.2) is 5.82 Å². The van der Waals surface area contributed by atoms with Crippen molar-refractivity contribution < 1.29 is 4.79 Å². The summed E-state index contributed by atoms with van der Waals surface area (Å²) in [6, 6.07) is 5.40. The van der Waals surface area contributed by atoms with E-state index < -0.39 is 0 Å². The van der Waals surface area contributed by atoms with E-state index >= 15 is 0 Å². The van der Waals surface area contributed by atoms with Crippen LogP contribution in [-0.4, -0.2) is 49.3 Å². The van der Waals surface area contributed by atoms with Crippen molar-refractivity contribution in [3.8, 4) is 11.5 Å². The van der Waals surface area contributed by atoms with Gasteiger partial charge in [-0.2, -0.15) is 0 Å². The van der Waals surface area contributed by atoms with Crippen molar-refractivity contribution in [2.75, 3.05) is 13.1 Å². The Kier molecular flexibility index (Phi) is 3.95. The molecule has 1 aliphatic rings. The first-order valence-corrected chi connectivity index (χ1v) is 8.67. The van der Waals surface area contributed by atoms with Gasteiger partial charge in [0, 0.05) is 24.3 Å². The maximum atomic E-state index is 12.4. The number of rotatable bonds is 4. The lowest BCUT2D eigenvalue weighted by Gasteiger charge is -2.15. The van der Waals surface area contributed by atoms with Crippen LogP contribution in [0.5, 0.6) is 0 Å². The molecule has 0 saturated carbocycles. The van der Waals surface area contributed by atoms with Gasteiger partial charge in [-0.1, -0.05) is 0 Å². The van der Waals surface area contributed by atoms with Gasteiger partial charge >= 0.3 is 0 Å². The Labute approximate surface area is 150 Å². The van der Waals surface area contributed by atoms with Crippen LogP contribution in [0.2, 0.25) is 0 Å². The van der Waals surface area contributed by atoms with Gasteiger partial charge in [0.2, 0.25) is 5.91 Å². The van der Waals surface area contributed by atoms with E-state index in [4.69, 9.17) is 11.1 Å². The lowest BCUT2D eigenvalue weighted by Crippen LogP contribution is -2.31. The van der Waals surface area contributed by atoms with Crippen LogP contribution in [0, 0.1) is 12.3 Å². The molecule has 1 aliphatic heterocycles. The summed E-state index contributed by atoms with van der Waals surface area (Å²) in [6.45, 7) is 3.93. The predicted octanol–water partition coefficient (Wildman–Crippen LogP) is 1.64. The number of H-pyrrole nitrogens is 1. The van der Waals surface area contributed by atoms with Crippen molar-refractivity contribution in [1.82, 2.24) is 24.4 Å². The highest BCUT2D eigenvalue weighted by Gasteiger charge is 2.20. The minimum Gasteiger partial charge on any atom is -0.384 e. The van der Waals surface area contributed by atoms with Crippen molar-refractivity contribution in [3.05, 3.63) is 35.8 Å². The third kappa shape index (κ3) is 2.83. The number of amidine groups is 1. The summed E-state index contributed by atoms with van der Waals surface area (Å²) in [4.78, 5) is 26.5. The van der Waals surface area contributed by atoms with Gasteiger partial charge < -0.3 is 20.2 Å². The Morgan fingerprint density at radius 2 is 2.12 bits per heavy atom. The minimum absolute atomic E-state index is 0.0175. The van der Waals surface area contributed by atoms with E-state index in [0.717, 1.165) is 48.4 Å². The van der Waals surface area contributed by atoms with E-state index in [2.05, 4.69) is 15.0 Å². The molecule has 8 nitrogen and oxygen atoms in total. The number of carbonyl (C=O) groups is 1. The van der Waals surface area contributed by atoms with Crippen LogP contribution in [0.3, 0.4) is 0 Å². The number of amides is 1. The molecule has 26 heavy (non-hydrogen) atoms. The lowest BCUT2D eigenvalue weighted by atomic mass is 10.2. The van der Waals surface area contributed by atoms with Crippen LogP contribution in [-0.2, 0) is 11.3 Å². The second-order valence-electron chi connectivity index (χ2n) is 6.63. The number of hydrogen-bond donors (Lipinski definition) is 3. The first-order valence-electron chi connectivity index (χ1n) is 8.67. The zero-order valence-corrected chi connectivity index (χ0v) is 14.6. The Morgan fingerprint density at radius 3 is 2.85 bits per heavy atom. The Morgan fingerprint density at radius 1 is 1.35 bits per heavy atom. The summed E-state index contributed by atoms with van der Waals surface area (Å²) in [7, 11) is 0. The summed E-state index contributed by atoms with van der Waals surface area (Å²) in [5.74, 6) is 0.791. The number of imidazole rings is 2. The number of carbonyl (C=O) groups excluding carboxylic acids is 1. The van der Waals surface area contributed by atoms with E-state index in [1.165, 1.54) is 0 Å². The molecule has 0 aliphatic carbocycles. The van der Waals surface area contributed by atoms with Gasteiger partial charge in [-0.05, 0) is 38.0 Å². The zero-order valence-electron chi connectivity index (χ0n) is 14.6. The van der Waals surface area contributed by atoms with Gasteiger partial charge in [0.1, 0.15) is 18.1 Å². The molecule has 134 valence electrons. The topological polar surface area (TPSA) is 117 Å². The van der Waals surface area contributed by atoms with E-state index in [1.807, 2.05) is 22.5 Å². The molecule has 0 unspecified atom stereocenters. The molecule has 1 aromatic carbocycles. The van der Waals surface area contributed by atoms with Crippen LogP contribution < -0.4 is 5.73 Å². The van der Waals surface area contributed by atoms with Crippen molar-refractivity contribution in [2.45, 2.75) is 26.3 Å². The average molecular weight is 351 g/mol. The van der Waals surface area contributed by atoms with Crippen LogP contribution in [0.15, 0.2) is 24.5 Å². The molecule has 3 heterocycles. The van der Waals surface area contributed by atoms with Crippen molar-refractivity contribution in [2.24, 2.45) is 5.73 Å². The number of nitrogens with two attached hydrogens (primary N) is 1. The number of fused-ring (bicyclic) bond motifs is 1. The average Bonchev–Trinajstić information content (AvgIpc) is 3.34. The van der Waals surface area contributed by atoms with Crippen molar-refractivity contribution >= 4 is 22.8 Å². The normalized spacial score (nSPS) is 14.3. The number of aromatic nitrogens is 4. The first-order chi connectivity index (χ1) is 12.5. The van der Waals surface area contributed by atoms with Crippen molar-refractivity contribution in [3.63, 3.8) is 0 Å². The van der Waals surface area contributed by atoms with E-state index in [9.17, 15) is 4.79 Å². The molecule has 1 amide bonds. The molecule has 0 spiro atoms. The molecule has 0 bridgehead atoms. The molecule has 4 N–H and O–H groups in total. The first kappa shape index (κ1) is 16.3. The summed E-state index contributed by atoms with van der Waals surface area (Å²) in [5, 5.41) is 7.55. The van der Waals surface area contributed by atoms with E-state index in [-0.39, 0.29) is 11.7 Å². The molecule has 2 aromatic heterocycles. The van der Waals surface area contributed by atoms with Crippen LogP contribution >= 0.6 is 0 Å². The number of nitrogens with zero attached hydrogens (tertiary/aromatic N) is 4. The summed E-state index contributed by atoms with van der Waals surface area (Å²) in [5.41, 5.74) is 9.39. The van der Waals surface area contributed by atoms with Gasteiger partial charge in [-0.3, -0.25) is 10.2 Å². The lowest BCUT2D eigenvalue weighted by molar-refractivity contribution is -0.130. The number of nitrogens with one attached hydrogen (secondary N) is 2. The fraction of sp³-hybridized carbons (Fsp3) is 0.333. The zero-order chi connectivity index (χ0) is 18.3. The number of aromatic amines is 1. The highest BCUT2D eigenvalue weighted by Crippen LogP contribution is 2.23. The third-order valence-electron chi connectivity index (χ3n) is 4.88. The second-order valence-corrected chi connectivity index (χ2v) is 6.63. The quantitative estimate of drug-likeness (QED) is 0.489. The Balaban J connectivity index is 1.62. The number of hydrogen-bond acceptors (Lipinski definition) is 4. The van der Waals surface area contributed by atoms with E-state index in [1.54, 1.807) is 18.5 Å². The number of benzene rings is 1. The second kappa shape index (κ2) is 6.29. The maximum absolute atomic E-state index is 12.4. The van der Waals surface area contributed by atoms with Crippen LogP contribution in [0.1, 0.15) is 24.1 Å². The maximum Gasteiger partial charge on any atom is 0.242 e. The van der Waals surface area contributed by atoms with Crippen LogP contribution in [0.4, 0.5) is 0 Å². The van der Waals surface area contributed by atoms with Gasteiger partial charge in [0.05, 0.1) is 17.4 Å². The molecular formula is C18H21N7O. The predicted molar refractivity (Wildman–Crippen MR) is 98.9 cm³/mol. The summed E-state index contributed by atoms with van der Waals surface area (Å²) in [6.07, 6.45) is 3.86. The minimum atomic E-state index is 0.0175. The third-order valence-corrected chi connectivity index (χ3v) is 4.88. The van der Waals surface area contributed by atoms with Gasteiger partial charge in [-0.15, -0.1) is 0 Å². The molecule has 0 radical (unpaired) electrons. The summed E-state index contributed by atoms with van der Waals surface area (Å²) < 4.78 is 1.87. The fourth-order valence-corrected chi connectivity index (χ4v) is 3.34.